The maximum atomic E-state index is 9.47. The Morgan fingerprint density at radius 2 is 2.21 bits per heavy atom. The number of piperazine rings is 1. The summed E-state index contributed by atoms with van der Waals surface area (Å²) in [6, 6.07) is 0.744. The highest BCUT2D eigenvalue weighted by molar-refractivity contribution is 4.87. The molecular formula is C10H21N3O. The molecule has 2 fully saturated rings. The van der Waals surface area contributed by atoms with Crippen LogP contribution in [-0.4, -0.2) is 66.3 Å². The zero-order chi connectivity index (χ0) is 9.97. The van der Waals surface area contributed by atoms with Crippen molar-refractivity contribution in [1.29, 1.82) is 0 Å². The van der Waals surface area contributed by atoms with E-state index < -0.39 is 0 Å². The van der Waals surface area contributed by atoms with Gasteiger partial charge in [0.15, 0.2) is 0 Å². The van der Waals surface area contributed by atoms with Crippen LogP contribution in [0.25, 0.3) is 0 Å². The quantitative estimate of drug-likeness (QED) is 0.617. The highest BCUT2D eigenvalue weighted by atomic mass is 16.3. The molecule has 2 unspecified atom stereocenters. The lowest BCUT2D eigenvalue weighted by atomic mass is 10.1. The second-order valence-corrected chi connectivity index (χ2v) is 4.48. The predicted molar refractivity (Wildman–Crippen MR) is 56.1 cm³/mol. The van der Waals surface area contributed by atoms with Crippen LogP contribution in [-0.2, 0) is 0 Å². The maximum absolute atomic E-state index is 9.47. The zero-order valence-electron chi connectivity index (χ0n) is 8.73. The van der Waals surface area contributed by atoms with Crippen molar-refractivity contribution < 1.29 is 5.11 Å². The van der Waals surface area contributed by atoms with Crippen molar-refractivity contribution >= 4 is 0 Å². The first-order valence-electron chi connectivity index (χ1n) is 5.64. The first-order chi connectivity index (χ1) is 6.79. The lowest BCUT2D eigenvalue weighted by Gasteiger charge is -2.38. The summed E-state index contributed by atoms with van der Waals surface area (Å²) in [4.78, 5) is 4.93. The molecule has 2 aliphatic rings. The fourth-order valence-electron chi connectivity index (χ4n) is 2.59. The van der Waals surface area contributed by atoms with Crippen LogP contribution in [0.5, 0.6) is 0 Å². The molecule has 0 bridgehead atoms. The molecule has 14 heavy (non-hydrogen) atoms. The molecule has 0 radical (unpaired) electrons. The summed E-state index contributed by atoms with van der Waals surface area (Å²) in [5.41, 5.74) is 5.41. The van der Waals surface area contributed by atoms with Gasteiger partial charge in [-0.05, 0) is 19.4 Å². The van der Waals surface area contributed by atoms with Crippen molar-refractivity contribution in [2.75, 3.05) is 39.3 Å². The molecule has 2 saturated heterocycles. The van der Waals surface area contributed by atoms with E-state index in [-0.39, 0.29) is 6.10 Å². The van der Waals surface area contributed by atoms with Crippen molar-refractivity contribution in [1.82, 2.24) is 9.80 Å². The van der Waals surface area contributed by atoms with Gasteiger partial charge in [-0.3, -0.25) is 9.80 Å². The second-order valence-electron chi connectivity index (χ2n) is 4.48. The van der Waals surface area contributed by atoms with Crippen molar-refractivity contribution in [2.24, 2.45) is 5.73 Å². The van der Waals surface area contributed by atoms with Crippen LogP contribution >= 0.6 is 0 Å². The van der Waals surface area contributed by atoms with E-state index in [1.54, 1.807) is 0 Å². The van der Waals surface area contributed by atoms with E-state index in [0.29, 0.717) is 6.54 Å². The van der Waals surface area contributed by atoms with Crippen LogP contribution in [0.15, 0.2) is 0 Å². The van der Waals surface area contributed by atoms with E-state index in [1.165, 1.54) is 25.9 Å². The van der Waals surface area contributed by atoms with Crippen LogP contribution < -0.4 is 5.73 Å². The van der Waals surface area contributed by atoms with E-state index >= 15 is 0 Å². The summed E-state index contributed by atoms with van der Waals surface area (Å²) >= 11 is 0. The smallest absolute Gasteiger partial charge is 0.0789 e. The molecule has 0 aliphatic carbocycles. The minimum absolute atomic E-state index is 0.344. The lowest BCUT2D eigenvalue weighted by molar-refractivity contribution is 0.0600. The fraction of sp³-hybridized carbons (Fsp3) is 1.00. The predicted octanol–water partition coefficient (Wildman–Crippen LogP) is -0.914. The lowest BCUT2D eigenvalue weighted by Crippen LogP contribution is -2.52. The maximum Gasteiger partial charge on any atom is 0.0789 e. The molecule has 0 aromatic rings. The molecule has 82 valence electrons. The van der Waals surface area contributed by atoms with Crippen LogP contribution in [0.1, 0.15) is 12.8 Å². The van der Waals surface area contributed by atoms with E-state index in [2.05, 4.69) is 9.80 Å². The number of aliphatic hydroxyl groups is 1. The van der Waals surface area contributed by atoms with Gasteiger partial charge in [-0.1, -0.05) is 0 Å². The topological polar surface area (TPSA) is 52.7 Å². The molecule has 4 nitrogen and oxygen atoms in total. The van der Waals surface area contributed by atoms with Gasteiger partial charge in [-0.15, -0.1) is 0 Å². The SMILES string of the molecule is NCC(O)CN1CCN2CCCC2C1. The first kappa shape index (κ1) is 10.4. The Balaban J connectivity index is 1.79. The molecule has 0 saturated carbocycles. The Morgan fingerprint density at radius 3 is 3.00 bits per heavy atom. The van der Waals surface area contributed by atoms with Gasteiger partial charge < -0.3 is 10.8 Å². The highest BCUT2D eigenvalue weighted by Gasteiger charge is 2.30. The van der Waals surface area contributed by atoms with Crippen molar-refractivity contribution in [3.8, 4) is 0 Å². The van der Waals surface area contributed by atoms with Gasteiger partial charge in [0, 0.05) is 38.8 Å². The average Bonchev–Trinajstić information content (AvgIpc) is 2.64. The Kier molecular flexibility index (Phi) is 3.38. The van der Waals surface area contributed by atoms with Crippen LogP contribution in [0.4, 0.5) is 0 Å². The van der Waals surface area contributed by atoms with Gasteiger partial charge in [0.2, 0.25) is 0 Å². The molecular weight excluding hydrogens is 178 g/mol. The number of aliphatic hydroxyl groups excluding tert-OH is 1. The van der Waals surface area contributed by atoms with Gasteiger partial charge in [0.05, 0.1) is 6.10 Å². The van der Waals surface area contributed by atoms with E-state index in [9.17, 15) is 5.11 Å². The van der Waals surface area contributed by atoms with Gasteiger partial charge in [0.25, 0.3) is 0 Å². The zero-order valence-corrected chi connectivity index (χ0v) is 8.73. The summed E-state index contributed by atoms with van der Waals surface area (Å²) in [7, 11) is 0. The van der Waals surface area contributed by atoms with E-state index in [4.69, 9.17) is 5.73 Å². The number of β-amino-alcohol motifs (C(OH)–C–C–N with tert-alkyl or cyclic N) is 1. The fourth-order valence-corrected chi connectivity index (χ4v) is 2.59. The number of nitrogens with zero attached hydrogens (tertiary/aromatic N) is 2. The van der Waals surface area contributed by atoms with Crippen molar-refractivity contribution in [3.63, 3.8) is 0 Å². The van der Waals surface area contributed by atoms with Crippen LogP contribution in [0.3, 0.4) is 0 Å². The summed E-state index contributed by atoms with van der Waals surface area (Å²) < 4.78 is 0. The van der Waals surface area contributed by atoms with Crippen LogP contribution in [0, 0.1) is 0 Å². The molecule has 2 heterocycles. The Morgan fingerprint density at radius 1 is 1.36 bits per heavy atom. The van der Waals surface area contributed by atoms with Gasteiger partial charge in [0.1, 0.15) is 0 Å². The van der Waals surface area contributed by atoms with Crippen LogP contribution in [0.2, 0.25) is 0 Å². The third kappa shape index (κ3) is 2.25. The van der Waals surface area contributed by atoms with E-state index in [0.717, 1.165) is 25.7 Å². The number of fused-ring (bicyclic) bond motifs is 1. The van der Waals surface area contributed by atoms with Gasteiger partial charge in [-0.2, -0.15) is 0 Å². The number of hydrogen-bond donors (Lipinski definition) is 2. The van der Waals surface area contributed by atoms with Gasteiger partial charge in [-0.25, -0.2) is 0 Å². The first-order valence-corrected chi connectivity index (χ1v) is 5.64. The average molecular weight is 199 g/mol. The summed E-state index contributed by atoms with van der Waals surface area (Å²) in [6.07, 6.45) is 2.33. The third-order valence-electron chi connectivity index (χ3n) is 3.41. The number of hydrogen-bond acceptors (Lipinski definition) is 4. The Hall–Kier alpha value is -0.160. The summed E-state index contributed by atoms with van der Waals surface area (Å²) in [6.45, 7) is 5.79. The summed E-state index contributed by atoms with van der Waals surface area (Å²) in [5, 5.41) is 9.47. The van der Waals surface area contributed by atoms with E-state index in [1.807, 2.05) is 0 Å². The standard InChI is InChI=1S/C10H21N3O/c11-6-10(14)8-12-4-5-13-3-1-2-9(13)7-12/h9-10,14H,1-8,11H2. The third-order valence-corrected chi connectivity index (χ3v) is 3.41. The molecule has 2 atom stereocenters. The molecule has 3 N–H and O–H groups in total. The highest BCUT2D eigenvalue weighted by Crippen LogP contribution is 2.21. The molecule has 4 heteroatoms. The number of rotatable bonds is 3. The molecule has 0 aromatic heterocycles. The molecule has 2 rings (SSSR count). The monoisotopic (exact) mass is 199 g/mol. The van der Waals surface area contributed by atoms with Crippen molar-refractivity contribution in [3.05, 3.63) is 0 Å². The Bertz CT molecular complexity index is 188. The second kappa shape index (κ2) is 4.57. The largest absolute Gasteiger partial charge is 0.390 e. The minimum atomic E-state index is -0.344. The molecule has 0 amide bonds. The molecule has 0 aromatic carbocycles. The molecule has 2 aliphatic heterocycles. The minimum Gasteiger partial charge on any atom is -0.390 e. The normalized spacial score (nSPS) is 31.7. The Labute approximate surface area is 85.7 Å². The van der Waals surface area contributed by atoms with Crippen molar-refractivity contribution in [2.45, 2.75) is 25.0 Å². The van der Waals surface area contributed by atoms with Gasteiger partial charge >= 0.3 is 0 Å². The summed E-state index contributed by atoms with van der Waals surface area (Å²) in [5.74, 6) is 0. The molecule has 0 spiro atoms. The number of nitrogens with two attached hydrogens (primary N) is 1.